The molecule has 116 valence electrons. The summed E-state index contributed by atoms with van der Waals surface area (Å²) in [5.74, 6) is 0.907. The third kappa shape index (κ3) is 2.40. The second kappa shape index (κ2) is 5.85. The van der Waals surface area contributed by atoms with Crippen molar-refractivity contribution in [2.75, 3.05) is 38.7 Å². The van der Waals surface area contributed by atoms with Gasteiger partial charge in [0.2, 0.25) is 0 Å². The van der Waals surface area contributed by atoms with E-state index in [1.165, 1.54) is 38.0 Å². The van der Waals surface area contributed by atoms with Gasteiger partial charge in [-0.25, -0.2) is 0 Å². The Kier molecular flexibility index (Phi) is 4.09. The van der Waals surface area contributed by atoms with E-state index in [-0.39, 0.29) is 5.54 Å². The number of hydrogen-bond acceptors (Lipinski definition) is 4. The van der Waals surface area contributed by atoms with Gasteiger partial charge in [0.25, 0.3) is 0 Å². The molecule has 1 aromatic rings. The van der Waals surface area contributed by atoms with Crippen LogP contribution in [0.15, 0.2) is 24.3 Å². The maximum atomic E-state index is 6.29. The van der Waals surface area contributed by atoms with Crippen LogP contribution in [0.2, 0.25) is 0 Å². The molecular weight excluding hydrogens is 262 g/mol. The van der Waals surface area contributed by atoms with Crippen LogP contribution >= 0.6 is 0 Å². The zero-order valence-corrected chi connectivity index (χ0v) is 13.2. The monoisotopic (exact) mass is 289 g/mol. The summed E-state index contributed by atoms with van der Waals surface area (Å²) >= 11 is 0. The molecule has 2 atom stereocenters. The summed E-state index contributed by atoms with van der Waals surface area (Å²) in [6, 6.07) is 8.91. The van der Waals surface area contributed by atoms with Crippen molar-refractivity contribution in [3.05, 3.63) is 24.3 Å². The highest BCUT2D eigenvalue weighted by Gasteiger charge is 2.49. The fourth-order valence-electron chi connectivity index (χ4n) is 4.21. The Hall–Kier alpha value is -1.26. The lowest BCUT2D eigenvalue weighted by Crippen LogP contribution is -2.61. The minimum Gasteiger partial charge on any atom is -0.497 e. The average Bonchev–Trinajstić information content (AvgIpc) is 2.94. The van der Waals surface area contributed by atoms with Gasteiger partial charge in [-0.2, -0.15) is 0 Å². The number of nitrogens with two attached hydrogens (primary N) is 1. The summed E-state index contributed by atoms with van der Waals surface area (Å²) in [6.07, 6.45) is 5.09. The molecule has 0 spiro atoms. The molecule has 3 rings (SSSR count). The molecule has 0 aliphatic carbocycles. The van der Waals surface area contributed by atoms with Crippen molar-refractivity contribution in [3.63, 3.8) is 0 Å². The van der Waals surface area contributed by atoms with Gasteiger partial charge in [0.15, 0.2) is 0 Å². The summed E-state index contributed by atoms with van der Waals surface area (Å²) in [4.78, 5) is 5.05. The van der Waals surface area contributed by atoms with Gasteiger partial charge in [-0.05, 0) is 37.9 Å². The number of fused-ring (bicyclic) bond motifs is 1. The molecule has 2 saturated heterocycles. The van der Waals surface area contributed by atoms with Crippen LogP contribution in [0.3, 0.4) is 0 Å². The largest absolute Gasteiger partial charge is 0.497 e. The highest BCUT2D eigenvalue weighted by atomic mass is 16.5. The van der Waals surface area contributed by atoms with Gasteiger partial charge >= 0.3 is 0 Å². The zero-order chi connectivity index (χ0) is 14.9. The Morgan fingerprint density at radius 1 is 1.38 bits per heavy atom. The van der Waals surface area contributed by atoms with Crippen molar-refractivity contribution in [1.29, 1.82) is 0 Å². The van der Waals surface area contributed by atoms with Gasteiger partial charge in [-0.15, -0.1) is 0 Å². The lowest BCUT2D eigenvalue weighted by atomic mass is 9.83. The number of hydrogen-bond donors (Lipinski definition) is 1. The van der Waals surface area contributed by atoms with E-state index < -0.39 is 0 Å². The third-order valence-electron chi connectivity index (χ3n) is 5.53. The number of nitrogens with zero attached hydrogens (tertiary/aromatic N) is 2. The molecule has 2 fully saturated rings. The Morgan fingerprint density at radius 2 is 2.24 bits per heavy atom. The Balaban J connectivity index is 1.91. The molecular formula is C17H27N3O. The number of rotatable bonds is 4. The number of piperidine rings is 1. The summed E-state index contributed by atoms with van der Waals surface area (Å²) in [6.45, 7) is 3.12. The Labute approximate surface area is 127 Å². The van der Waals surface area contributed by atoms with Crippen LogP contribution in [0.5, 0.6) is 5.75 Å². The maximum Gasteiger partial charge on any atom is 0.120 e. The number of benzene rings is 1. The van der Waals surface area contributed by atoms with E-state index in [0.717, 1.165) is 12.2 Å². The van der Waals surface area contributed by atoms with Crippen molar-refractivity contribution in [2.24, 2.45) is 5.73 Å². The molecule has 0 saturated carbocycles. The fraction of sp³-hybridized carbons (Fsp3) is 0.647. The van der Waals surface area contributed by atoms with Crippen molar-refractivity contribution in [2.45, 2.75) is 37.3 Å². The van der Waals surface area contributed by atoms with Gasteiger partial charge in [0.05, 0.1) is 12.6 Å². The fourth-order valence-corrected chi connectivity index (χ4v) is 4.21. The van der Waals surface area contributed by atoms with Crippen LogP contribution in [-0.2, 0) is 0 Å². The second-order valence-electron chi connectivity index (χ2n) is 6.37. The van der Waals surface area contributed by atoms with Crippen molar-refractivity contribution < 1.29 is 4.74 Å². The number of likely N-dealkylation sites (N-methyl/N-ethyl adjacent to an activating group) is 1. The number of ether oxygens (including phenoxy) is 1. The van der Waals surface area contributed by atoms with Gasteiger partial charge in [-0.1, -0.05) is 12.5 Å². The first-order valence-corrected chi connectivity index (χ1v) is 8.03. The standard InChI is InChI=1S/C17H27N3O/c1-19(14-6-5-7-15(12-14)21-2)17(13-18)9-11-20-10-4-3-8-16(17)20/h5-7,12,16H,3-4,8-11,13,18H2,1-2H3. The van der Waals surface area contributed by atoms with Crippen LogP contribution in [-0.4, -0.2) is 50.3 Å². The number of anilines is 1. The minimum absolute atomic E-state index is 0.0623. The summed E-state index contributed by atoms with van der Waals surface area (Å²) < 4.78 is 5.37. The van der Waals surface area contributed by atoms with E-state index in [2.05, 4.69) is 35.0 Å². The molecule has 4 nitrogen and oxygen atoms in total. The second-order valence-corrected chi connectivity index (χ2v) is 6.37. The molecule has 2 heterocycles. The average molecular weight is 289 g/mol. The van der Waals surface area contributed by atoms with Crippen molar-refractivity contribution in [1.82, 2.24) is 4.90 Å². The SMILES string of the molecule is COc1cccc(N(C)C2(CN)CCN3CCCCC32)c1. The van der Waals surface area contributed by atoms with Gasteiger partial charge in [0.1, 0.15) is 5.75 Å². The van der Waals surface area contributed by atoms with Crippen LogP contribution in [0, 0.1) is 0 Å². The van der Waals surface area contributed by atoms with Crippen LogP contribution in [0.1, 0.15) is 25.7 Å². The van der Waals surface area contributed by atoms with Crippen LogP contribution < -0.4 is 15.4 Å². The lowest BCUT2D eigenvalue weighted by molar-refractivity contribution is 0.157. The Bertz CT molecular complexity index is 493. The molecule has 21 heavy (non-hydrogen) atoms. The first-order chi connectivity index (χ1) is 10.2. The molecule has 0 amide bonds. The maximum absolute atomic E-state index is 6.29. The molecule has 2 N–H and O–H groups in total. The molecule has 0 aromatic heterocycles. The van der Waals surface area contributed by atoms with Gasteiger partial charge in [0, 0.05) is 37.9 Å². The molecule has 2 aliphatic heterocycles. The van der Waals surface area contributed by atoms with Gasteiger partial charge in [-0.3, -0.25) is 4.90 Å². The molecule has 2 unspecified atom stereocenters. The molecule has 4 heteroatoms. The van der Waals surface area contributed by atoms with E-state index in [1.807, 2.05) is 6.07 Å². The van der Waals surface area contributed by atoms with Gasteiger partial charge < -0.3 is 15.4 Å². The van der Waals surface area contributed by atoms with E-state index in [1.54, 1.807) is 7.11 Å². The molecule has 2 aliphatic rings. The van der Waals surface area contributed by atoms with Crippen LogP contribution in [0.25, 0.3) is 0 Å². The molecule has 1 aromatic carbocycles. The normalized spacial score (nSPS) is 29.2. The van der Waals surface area contributed by atoms with E-state index in [4.69, 9.17) is 10.5 Å². The quantitative estimate of drug-likeness (QED) is 0.921. The minimum atomic E-state index is 0.0623. The topological polar surface area (TPSA) is 41.7 Å². The van der Waals surface area contributed by atoms with E-state index >= 15 is 0 Å². The molecule has 0 bridgehead atoms. The molecule has 0 radical (unpaired) electrons. The zero-order valence-electron chi connectivity index (χ0n) is 13.2. The van der Waals surface area contributed by atoms with Crippen LogP contribution in [0.4, 0.5) is 5.69 Å². The highest BCUT2D eigenvalue weighted by Crippen LogP contribution is 2.40. The summed E-state index contributed by atoms with van der Waals surface area (Å²) in [5, 5.41) is 0. The first-order valence-electron chi connectivity index (χ1n) is 8.03. The summed E-state index contributed by atoms with van der Waals surface area (Å²) in [7, 11) is 3.91. The van der Waals surface area contributed by atoms with E-state index in [0.29, 0.717) is 12.6 Å². The number of methoxy groups -OCH3 is 1. The predicted molar refractivity (Wildman–Crippen MR) is 87.0 cm³/mol. The lowest BCUT2D eigenvalue weighted by Gasteiger charge is -2.47. The van der Waals surface area contributed by atoms with Crippen molar-refractivity contribution >= 4 is 5.69 Å². The first kappa shape index (κ1) is 14.7. The predicted octanol–water partition coefficient (Wildman–Crippen LogP) is 2.09. The van der Waals surface area contributed by atoms with E-state index in [9.17, 15) is 0 Å². The Morgan fingerprint density at radius 3 is 3.00 bits per heavy atom. The third-order valence-corrected chi connectivity index (χ3v) is 5.53. The van der Waals surface area contributed by atoms with Crippen molar-refractivity contribution in [3.8, 4) is 5.75 Å². The smallest absolute Gasteiger partial charge is 0.120 e. The summed E-state index contributed by atoms with van der Waals surface area (Å²) in [5.41, 5.74) is 7.55. The highest BCUT2D eigenvalue weighted by molar-refractivity contribution is 5.53.